The van der Waals surface area contributed by atoms with Gasteiger partial charge in [-0.05, 0) is 71.8 Å². The largest absolute Gasteiger partial charge is 0.354 e. The summed E-state index contributed by atoms with van der Waals surface area (Å²) in [6.07, 6.45) is 4.75. The molecule has 8 nitrogen and oxygen atoms in total. The Labute approximate surface area is 188 Å². The van der Waals surface area contributed by atoms with Crippen molar-refractivity contribution in [3.8, 4) is 5.69 Å². The van der Waals surface area contributed by atoms with E-state index in [4.69, 9.17) is 0 Å². The van der Waals surface area contributed by atoms with Gasteiger partial charge >= 0.3 is 0 Å². The third kappa shape index (κ3) is 4.46. The molecule has 1 aromatic carbocycles. The molecular weight excluding hydrogens is 404 g/mol. The molecule has 3 heterocycles. The predicted octanol–water partition coefficient (Wildman–Crippen LogP) is 2.75. The first-order chi connectivity index (χ1) is 15.5. The van der Waals surface area contributed by atoms with Crippen molar-refractivity contribution >= 4 is 16.8 Å². The van der Waals surface area contributed by atoms with Crippen molar-refractivity contribution in [3.05, 3.63) is 52.1 Å². The number of carbonyl (C=O) groups excluding carboxylic acids is 1. The molecule has 1 N–H and O–H groups in total. The van der Waals surface area contributed by atoms with Gasteiger partial charge in [-0.3, -0.25) is 9.59 Å². The SMILES string of the molecule is Cc1nn(C(C)C(=O)NCCCN2CCCCC2)c(=O)c2c(C)n(-c3ccccc3)nc12. The maximum atomic E-state index is 13.3. The fourth-order valence-electron chi connectivity index (χ4n) is 4.42. The van der Waals surface area contributed by atoms with Crippen LogP contribution in [0, 0.1) is 13.8 Å². The average molecular weight is 437 g/mol. The highest BCUT2D eigenvalue weighted by atomic mass is 16.2. The van der Waals surface area contributed by atoms with Gasteiger partial charge in [0, 0.05) is 6.54 Å². The number of nitrogens with zero attached hydrogens (tertiary/aromatic N) is 5. The number of carbonyl (C=O) groups is 1. The molecular formula is C24H32N6O2. The highest BCUT2D eigenvalue weighted by molar-refractivity contribution is 5.84. The Balaban J connectivity index is 1.50. The van der Waals surface area contributed by atoms with Gasteiger partial charge in [-0.1, -0.05) is 24.6 Å². The van der Waals surface area contributed by atoms with Gasteiger partial charge in [0.2, 0.25) is 5.91 Å². The van der Waals surface area contributed by atoms with Gasteiger partial charge < -0.3 is 10.2 Å². The minimum atomic E-state index is -0.694. The second kappa shape index (κ2) is 9.65. The standard InChI is InChI=1S/C24H32N6O2/c1-17-22-21(18(2)29(27-22)20-11-6-4-7-12-20)24(32)30(26-17)19(3)23(31)25-13-10-16-28-14-8-5-9-15-28/h4,6-7,11-12,19H,5,8-10,13-16H2,1-3H3,(H,25,31). The third-order valence-electron chi connectivity index (χ3n) is 6.28. The number of benzene rings is 1. The van der Waals surface area contributed by atoms with Crippen molar-refractivity contribution in [1.29, 1.82) is 0 Å². The van der Waals surface area contributed by atoms with Crippen LogP contribution in [0.3, 0.4) is 0 Å². The zero-order chi connectivity index (χ0) is 22.7. The molecule has 1 saturated heterocycles. The number of aryl methyl sites for hydroxylation is 2. The van der Waals surface area contributed by atoms with Crippen molar-refractivity contribution in [2.45, 2.75) is 52.5 Å². The van der Waals surface area contributed by atoms with Crippen LogP contribution in [0.5, 0.6) is 0 Å². The van der Waals surface area contributed by atoms with E-state index in [-0.39, 0.29) is 11.5 Å². The first-order valence-electron chi connectivity index (χ1n) is 11.5. The summed E-state index contributed by atoms with van der Waals surface area (Å²) >= 11 is 0. The van der Waals surface area contributed by atoms with Crippen LogP contribution in [-0.2, 0) is 4.79 Å². The topological polar surface area (TPSA) is 85.0 Å². The lowest BCUT2D eigenvalue weighted by Gasteiger charge is -2.26. The number of likely N-dealkylation sites (tertiary alicyclic amines) is 1. The normalized spacial score (nSPS) is 15.7. The Morgan fingerprint density at radius 2 is 1.81 bits per heavy atom. The molecule has 1 atom stereocenters. The summed E-state index contributed by atoms with van der Waals surface area (Å²) in [7, 11) is 0. The lowest BCUT2D eigenvalue weighted by atomic mass is 10.1. The molecule has 4 rings (SSSR count). The van der Waals surface area contributed by atoms with Crippen molar-refractivity contribution < 1.29 is 4.79 Å². The molecule has 32 heavy (non-hydrogen) atoms. The van der Waals surface area contributed by atoms with Crippen molar-refractivity contribution in [2.75, 3.05) is 26.2 Å². The van der Waals surface area contributed by atoms with Crippen LogP contribution in [-0.4, -0.2) is 56.5 Å². The minimum Gasteiger partial charge on any atom is -0.354 e. The van der Waals surface area contributed by atoms with Crippen LogP contribution >= 0.6 is 0 Å². The minimum absolute atomic E-state index is 0.190. The van der Waals surface area contributed by atoms with E-state index in [0.717, 1.165) is 37.4 Å². The first-order valence-corrected chi connectivity index (χ1v) is 11.5. The molecule has 3 aromatic rings. The number of piperidine rings is 1. The molecule has 0 aliphatic carbocycles. The number of aromatic nitrogens is 4. The van der Waals surface area contributed by atoms with Crippen LogP contribution in [0.4, 0.5) is 0 Å². The van der Waals surface area contributed by atoms with E-state index in [9.17, 15) is 9.59 Å². The van der Waals surface area contributed by atoms with Crippen LogP contribution in [0.25, 0.3) is 16.6 Å². The number of rotatable bonds is 7. The van der Waals surface area contributed by atoms with Crippen LogP contribution in [0.15, 0.2) is 35.1 Å². The highest BCUT2D eigenvalue weighted by Crippen LogP contribution is 2.20. The molecule has 1 unspecified atom stereocenters. The number of amides is 1. The lowest BCUT2D eigenvalue weighted by Crippen LogP contribution is -2.39. The zero-order valence-electron chi connectivity index (χ0n) is 19.2. The molecule has 1 amide bonds. The smallest absolute Gasteiger partial charge is 0.278 e. The molecule has 0 saturated carbocycles. The summed E-state index contributed by atoms with van der Waals surface area (Å²) in [6.45, 7) is 9.31. The van der Waals surface area contributed by atoms with E-state index in [1.54, 1.807) is 11.6 Å². The molecule has 0 radical (unpaired) electrons. The van der Waals surface area contributed by atoms with Gasteiger partial charge in [-0.25, -0.2) is 9.36 Å². The van der Waals surface area contributed by atoms with Gasteiger partial charge in [0.15, 0.2) is 0 Å². The van der Waals surface area contributed by atoms with Crippen LogP contribution < -0.4 is 10.9 Å². The summed E-state index contributed by atoms with van der Waals surface area (Å²) < 4.78 is 3.05. The lowest BCUT2D eigenvalue weighted by molar-refractivity contribution is -0.124. The Bertz CT molecular complexity index is 1140. The molecule has 1 fully saturated rings. The Morgan fingerprint density at radius 3 is 2.53 bits per heavy atom. The Hall–Kier alpha value is -3.00. The van der Waals surface area contributed by atoms with Gasteiger partial charge in [-0.15, -0.1) is 0 Å². The molecule has 1 aliphatic heterocycles. The average Bonchev–Trinajstić information content (AvgIpc) is 3.18. The summed E-state index contributed by atoms with van der Waals surface area (Å²) in [6, 6.07) is 9.00. The Kier molecular flexibility index (Phi) is 6.69. The van der Waals surface area contributed by atoms with Crippen LogP contribution in [0.1, 0.15) is 50.0 Å². The number of hydrogen-bond acceptors (Lipinski definition) is 5. The summed E-state index contributed by atoms with van der Waals surface area (Å²) in [5.74, 6) is -0.190. The van der Waals surface area contributed by atoms with Gasteiger partial charge in [0.25, 0.3) is 5.56 Å². The molecule has 170 valence electrons. The molecule has 8 heteroatoms. The molecule has 0 bridgehead atoms. The monoisotopic (exact) mass is 436 g/mol. The number of nitrogens with one attached hydrogen (secondary N) is 1. The highest BCUT2D eigenvalue weighted by Gasteiger charge is 2.23. The van der Waals surface area contributed by atoms with Crippen molar-refractivity contribution in [3.63, 3.8) is 0 Å². The van der Waals surface area contributed by atoms with E-state index >= 15 is 0 Å². The maximum Gasteiger partial charge on any atom is 0.278 e. The first kappa shape index (κ1) is 22.2. The van der Waals surface area contributed by atoms with Crippen molar-refractivity contribution in [1.82, 2.24) is 29.8 Å². The second-order valence-electron chi connectivity index (χ2n) is 8.61. The van der Waals surface area contributed by atoms with Crippen molar-refractivity contribution in [2.24, 2.45) is 0 Å². The second-order valence-corrected chi connectivity index (χ2v) is 8.61. The number of fused-ring (bicyclic) bond motifs is 1. The van der Waals surface area contributed by atoms with E-state index in [1.165, 1.54) is 23.9 Å². The fourth-order valence-corrected chi connectivity index (χ4v) is 4.42. The summed E-state index contributed by atoms with van der Waals surface area (Å²) in [4.78, 5) is 28.5. The predicted molar refractivity (Wildman–Crippen MR) is 125 cm³/mol. The summed E-state index contributed by atoms with van der Waals surface area (Å²) in [5, 5.41) is 12.5. The van der Waals surface area contributed by atoms with E-state index in [1.807, 2.05) is 44.2 Å². The zero-order valence-corrected chi connectivity index (χ0v) is 19.2. The quantitative estimate of drug-likeness (QED) is 0.576. The van der Waals surface area contributed by atoms with E-state index in [2.05, 4.69) is 20.4 Å². The van der Waals surface area contributed by atoms with Gasteiger partial charge in [0.05, 0.1) is 22.5 Å². The molecule has 2 aromatic heterocycles. The fraction of sp³-hybridized carbons (Fsp3) is 0.500. The van der Waals surface area contributed by atoms with Gasteiger partial charge in [0.1, 0.15) is 11.6 Å². The number of hydrogen-bond donors (Lipinski definition) is 1. The third-order valence-corrected chi connectivity index (χ3v) is 6.28. The Morgan fingerprint density at radius 1 is 1.09 bits per heavy atom. The van der Waals surface area contributed by atoms with Crippen LogP contribution in [0.2, 0.25) is 0 Å². The molecule has 1 aliphatic rings. The van der Waals surface area contributed by atoms with E-state index in [0.29, 0.717) is 23.1 Å². The maximum absolute atomic E-state index is 13.3. The summed E-state index contributed by atoms with van der Waals surface area (Å²) in [5.41, 5.74) is 2.53. The van der Waals surface area contributed by atoms with E-state index < -0.39 is 6.04 Å². The van der Waals surface area contributed by atoms with Gasteiger partial charge in [-0.2, -0.15) is 10.2 Å². The number of para-hydroxylation sites is 1. The molecule has 0 spiro atoms.